The van der Waals surface area contributed by atoms with Crippen molar-refractivity contribution >= 4 is 22.8 Å². The molecule has 1 aromatic heterocycles. The maximum absolute atomic E-state index is 13.8. The standard InChI is InChI=1S/C15H14FN3S/c16-11-6-2-1-5-10(11)14(9-17)20-15-18-12-7-3-4-8-13(12)19-15/h1-8,14H,9,17H2,(H,18,19). The van der Waals surface area contributed by atoms with Crippen LogP contribution in [-0.4, -0.2) is 16.5 Å². The van der Waals surface area contributed by atoms with E-state index >= 15 is 0 Å². The highest BCUT2D eigenvalue weighted by Gasteiger charge is 2.17. The van der Waals surface area contributed by atoms with Gasteiger partial charge in [-0.3, -0.25) is 0 Å². The van der Waals surface area contributed by atoms with E-state index in [4.69, 9.17) is 5.73 Å². The number of rotatable bonds is 4. The van der Waals surface area contributed by atoms with Crippen molar-refractivity contribution in [2.24, 2.45) is 5.73 Å². The Kier molecular flexibility index (Phi) is 3.71. The lowest BCUT2D eigenvalue weighted by Crippen LogP contribution is -2.11. The second-order valence-corrected chi connectivity index (χ2v) is 5.61. The number of thioether (sulfide) groups is 1. The summed E-state index contributed by atoms with van der Waals surface area (Å²) in [4.78, 5) is 7.71. The lowest BCUT2D eigenvalue weighted by Gasteiger charge is -2.13. The van der Waals surface area contributed by atoms with Gasteiger partial charge < -0.3 is 10.7 Å². The number of H-pyrrole nitrogens is 1. The maximum atomic E-state index is 13.8. The third-order valence-corrected chi connectivity index (χ3v) is 4.24. The monoisotopic (exact) mass is 287 g/mol. The molecule has 0 saturated heterocycles. The summed E-state index contributed by atoms with van der Waals surface area (Å²) in [7, 11) is 0. The molecule has 1 atom stereocenters. The Morgan fingerprint density at radius 3 is 2.65 bits per heavy atom. The number of hydrogen-bond acceptors (Lipinski definition) is 3. The molecular weight excluding hydrogens is 273 g/mol. The van der Waals surface area contributed by atoms with Crippen molar-refractivity contribution in [3.05, 3.63) is 59.9 Å². The fourth-order valence-corrected chi connectivity index (χ4v) is 3.10. The summed E-state index contributed by atoms with van der Waals surface area (Å²) < 4.78 is 13.8. The van der Waals surface area contributed by atoms with Crippen LogP contribution in [0.15, 0.2) is 53.7 Å². The quantitative estimate of drug-likeness (QED) is 0.722. The molecule has 1 heterocycles. The molecule has 0 bridgehead atoms. The fourth-order valence-electron chi connectivity index (χ4n) is 2.09. The summed E-state index contributed by atoms with van der Waals surface area (Å²) in [5.74, 6) is -0.230. The number of nitrogens with one attached hydrogen (secondary N) is 1. The van der Waals surface area contributed by atoms with Gasteiger partial charge in [0.05, 0.1) is 16.3 Å². The Morgan fingerprint density at radius 1 is 1.15 bits per heavy atom. The van der Waals surface area contributed by atoms with Crippen LogP contribution in [0.3, 0.4) is 0 Å². The first-order valence-corrected chi connectivity index (χ1v) is 7.22. The van der Waals surface area contributed by atoms with E-state index in [0.717, 1.165) is 16.2 Å². The summed E-state index contributed by atoms with van der Waals surface area (Å²) in [6.07, 6.45) is 0. The van der Waals surface area contributed by atoms with E-state index in [-0.39, 0.29) is 11.1 Å². The van der Waals surface area contributed by atoms with Crippen molar-refractivity contribution in [3.8, 4) is 0 Å². The number of hydrogen-bond donors (Lipinski definition) is 2. The predicted octanol–water partition coefficient (Wildman–Crippen LogP) is 3.49. The van der Waals surface area contributed by atoms with Crippen molar-refractivity contribution in [1.82, 2.24) is 9.97 Å². The summed E-state index contributed by atoms with van der Waals surface area (Å²) in [6.45, 7) is 0.350. The van der Waals surface area contributed by atoms with E-state index in [9.17, 15) is 4.39 Å². The molecule has 3 rings (SSSR count). The van der Waals surface area contributed by atoms with E-state index in [1.165, 1.54) is 17.8 Å². The first kappa shape index (κ1) is 13.1. The minimum atomic E-state index is -0.230. The molecule has 0 spiro atoms. The van der Waals surface area contributed by atoms with Gasteiger partial charge in [0, 0.05) is 12.1 Å². The summed E-state index contributed by atoms with van der Waals surface area (Å²) in [5, 5.41) is 0.599. The molecule has 0 amide bonds. The highest BCUT2D eigenvalue weighted by molar-refractivity contribution is 7.99. The predicted molar refractivity (Wildman–Crippen MR) is 80.1 cm³/mol. The third-order valence-electron chi connectivity index (χ3n) is 3.09. The zero-order chi connectivity index (χ0) is 13.9. The number of nitrogens with two attached hydrogens (primary N) is 1. The minimum Gasteiger partial charge on any atom is -0.333 e. The second-order valence-electron chi connectivity index (χ2n) is 4.42. The van der Waals surface area contributed by atoms with Crippen molar-refractivity contribution in [2.75, 3.05) is 6.54 Å². The lowest BCUT2D eigenvalue weighted by molar-refractivity contribution is 0.608. The van der Waals surface area contributed by atoms with Gasteiger partial charge in [0.2, 0.25) is 0 Å². The number of halogens is 1. The smallest absolute Gasteiger partial charge is 0.167 e. The van der Waals surface area contributed by atoms with Gasteiger partial charge in [0.15, 0.2) is 5.16 Å². The van der Waals surface area contributed by atoms with E-state index < -0.39 is 0 Å². The number of fused-ring (bicyclic) bond motifs is 1. The molecule has 0 aliphatic carbocycles. The number of imidazole rings is 1. The largest absolute Gasteiger partial charge is 0.333 e. The van der Waals surface area contributed by atoms with Crippen LogP contribution in [0, 0.1) is 5.82 Å². The Balaban J connectivity index is 1.90. The first-order valence-electron chi connectivity index (χ1n) is 6.34. The molecule has 0 aliphatic rings. The molecule has 0 aliphatic heterocycles. The Hall–Kier alpha value is -1.85. The number of aromatic nitrogens is 2. The first-order chi connectivity index (χ1) is 9.78. The van der Waals surface area contributed by atoms with Crippen LogP contribution in [-0.2, 0) is 0 Å². The zero-order valence-corrected chi connectivity index (χ0v) is 11.5. The van der Waals surface area contributed by atoms with E-state index in [1.54, 1.807) is 12.1 Å². The molecule has 5 heteroatoms. The molecule has 0 fully saturated rings. The molecular formula is C15H14FN3S. The van der Waals surface area contributed by atoms with Gasteiger partial charge >= 0.3 is 0 Å². The Morgan fingerprint density at radius 2 is 1.90 bits per heavy atom. The fraction of sp³-hybridized carbons (Fsp3) is 0.133. The van der Waals surface area contributed by atoms with Gasteiger partial charge in [-0.2, -0.15) is 0 Å². The van der Waals surface area contributed by atoms with Crippen LogP contribution < -0.4 is 5.73 Å². The average molecular weight is 287 g/mol. The third kappa shape index (κ3) is 2.55. The van der Waals surface area contributed by atoms with Gasteiger partial charge in [-0.15, -0.1) is 0 Å². The van der Waals surface area contributed by atoms with E-state index in [2.05, 4.69) is 9.97 Å². The van der Waals surface area contributed by atoms with Crippen molar-refractivity contribution in [2.45, 2.75) is 10.4 Å². The number of para-hydroxylation sites is 2. The lowest BCUT2D eigenvalue weighted by atomic mass is 10.1. The van der Waals surface area contributed by atoms with Gasteiger partial charge in [0.25, 0.3) is 0 Å². The minimum absolute atomic E-state index is 0.156. The Bertz CT molecular complexity index is 693. The van der Waals surface area contributed by atoms with Gasteiger partial charge in [-0.05, 0) is 18.2 Å². The van der Waals surface area contributed by atoms with Crippen molar-refractivity contribution in [1.29, 1.82) is 0 Å². The van der Waals surface area contributed by atoms with Crippen molar-refractivity contribution in [3.63, 3.8) is 0 Å². The van der Waals surface area contributed by atoms with Crippen LogP contribution in [0.1, 0.15) is 10.8 Å². The highest BCUT2D eigenvalue weighted by atomic mass is 32.2. The molecule has 0 saturated carbocycles. The molecule has 1 unspecified atom stereocenters. The van der Waals surface area contributed by atoms with Gasteiger partial charge in [-0.25, -0.2) is 9.37 Å². The van der Waals surface area contributed by atoms with Crippen LogP contribution in [0.5, 0.6) is 0 Å². The highest BCUT2D eigenvalue weighted by Crippen LogP contribution is 2.34. The van der Waals surface area contributed by atoms with E-state index in [1.807, 2.05) is 30.3 Å². The SMILES string of the molecule is NCC(Sc1nc2ccccc2[nH]1)c1ccccc1F. The Labute approximate surface area is 120 Å². The van der Waals surface area contributed by atoms with Crippen molar-refractivity contribution < 1.29 is 4.39 Å². The zero-order valence-electron chi connectivity index (χ0n) is 10.7. The van der Waals surface area contributed by atoms with Gasteiger partial charge in [0.1, 0.15) is 5.82 Å². The topological polar surface area (TPSA) is 54.7 Å². The van der Waals surface area contributed by atoms with Crippen LogP contribution >= 0.6 is 11.8 Å². The molecule has 3 nitrogen and oxygen atoms in total. The summed E-state index contributed by atoms with van der Waals surface area (Å²) in [6, 6.07) is 14.5. The van der Waals surface area contributed by atoms with Crippen LogP contribution in [0.4, 0.5) is 4.39 Å². The average Bonchev–Trinajstić information content (AvgIpc) is 2.88. The van der Waals surface area contributed by atoms with Crippen LogP contribution in [0.2, 0.25) is 0 Å². The molecule has 2 aromatic carbocycles. The molecule has 3 N–H and O–H groups in total. The number of nitrogens with zero attached hydrogens (tertiary/aromatic N) is 1. The number of aromatic amines is 1. The van der Waals surface area contributed by atoms with Gasteiger partial charge in [-0.1, -0.05) is 42.1 Å². The molecule has 20 heavy (non-hydrogen) atoms. The van der Waals surface area contributed by atoms with Crippen LogP contribution in [0.25, 0.3) is 11.0 Å². The number of benzene rings is 2. The normalized spacial score (nSPS) is 12.7. The maximum Gasteiger partial charge on any atom is 0.167 e. The molecule has 3 aromatic rings. The summed E-state index contributed by atoms with van der Waals surface area (Å²) in [5.41, 5.74) is 8.27. The molecule has 0 radical (unpaired) electrons. The second kappa shape index (κ2) is 5.64. The summed E-state index contributed by atoms with van der Waals surface area (Å²) >= 11 is 1.45. The van der Waals surface area contributed by atoms with E-state index in [0.29, 0.717) is 12.1 Å². The molecule has 102 valence electrons.